The van der Waals surface area contributed by atoms with Crippen LogP contribution in [0.2, 0.25) is 0 Å². The van der Waals surface area contributed by atoms with Crippen LogP contribution in [0.5, 0.6) is 11.5 Å². The number of carbonyl (C=O) groups is 2. The van der Waals surface area contributed by atoms with E-state index in [9.17, 15) is 9.59 Å². The molecule has 1 atom stereocenters. The highest BCUT2D eigenvalue weighted by Gasteiger charge is 2.22. The summed E-state index contributed by atoms with van der Waals surface area (Å²) in [6.07, 6.45) is -0.914. The Morgan fingerprint density at radius 3 is 2.67 bits per heavy atom. The number of benzene rings is 1. The Morgan fingerprint density at radius 1 is 1.21 bits per heavy atom. The number of amides is 1. The van der Waals surface area contributed by atoms with Crippen LogP contribution in [-0.4, -0.2) is 24.8 Å². The number of anilines is 1. The smallest absolute Gasteiger partial charge is 0.340 e. The minimum absolute atomic E-state index is 0.167. The van der Waals surface area contributed by atoms with Crippen LogP contribution < -0.4 is 14.8 Å². The van der Waals surface area contributed by atoms with E-state index in [0.717, 1.165) is 9.75 Å². The molecule has 0 fully saturated rings. The Morgan fingerprint density at radius 2 is 1.96 bits per heavy atom. The molecular formula is C17H17NO5S. The third-order valence-electron chi connectivity index (χ3n) is 3.55. The molecule has 6 nitrogen and oxygen atoms in total. The van der Waals surface area contributed by atoms with Gasteiger partial charge < -0.3 is 19.5 Å². The largest absolute Gasteiger partial charge is 0.454 e. The van der Waals surface area contributed by atoms with Crippen molar-refractivity contribution in [1.82, 2.24) is 0 Å². The van der Waals surface area contributed by atoms with Gasteiger partial charge in [-0.2, -0.15) is 0 Å². The lowest BCUT2D eigenvalue weighted by molar-refractivity contribution is -0.123. The van der Waals surface area contributed by atoms with Gasteiger partial charge in [-0.15, -0.1) is 11.3 Å². The molecule has 0 unspecified atom stereocenters. The van der Waals surface area contributed by atoms with Crippen molar-refractivity contribution in [1.29, 1.82) is 0 Å². The first-order chi connectivity index (χ1) is 11.4. The molecule has 1 aromatic heterocycles. The molecule has 0 radical (unpaired) electrons. The predicted octanol–water partition coefficient (Wildman–Crippen LogP) is 3.28. The van der Waals surface area contributed by atoms with E-state index >= 15 is 0 Å². The highest BCUT2D eigenvalue weighted by Crippen LogP contribution is 2.34. The van der Waals surface area contributed by atoms with Crippen LogP contribution in [-0.2, 0) is 9.53 Å². The number of carbonyl (C=O) groups excluding carboxylic acids is 2. The van der Waals surface area contributed by atoms with E-state index in [0.29, 0.717) is 22.7 Å². The molecule has 1 amide bonds. The number of fused-ring (bicyclic) bond motifs is 1. The molecule has 7 heteroatoms. The van der Waals surface area contributed by atoms with Crippen LogP contribution in [0.1, 0.15) is 27.0 Å². The number of thiophene rings is 1. The number of aryl methyl sites for hydroxylation is 2. The van der Waals surface area contributed by atoms with Gasteiger partial charge in [-0.1, -0.05) is 0 Å². The number of hydrogen-bond donors (Lipinski definition) is 1. The van der Waals surface area contributed by atoms with Crippen LogP contribution >= 0.6 is 11.3 Å². The number of esters is 1. The van der Waals surface area contributed by atoms with E-state index in [-0.39, 0.29) is 6.79 Å². The number of hydrogen-bond acceptors (Lipinski definition) is 6. The van der Waals surface area contributed by atoms with Gasteiger partial charge in [0.15, 0.2) is 17.6 Å². The van der Waals surface area contributed by atoms with E-state index in [1.807, 2.05) is 13.8 Å². The molecule has 2 aromatic rings. The summed E-state index contributed by atoms with van der Waals surface area (Å²) in [6.45, 7) is 5.48. The number of ether oxygens (including phenoxy) is 3. The predicted molar refractivity (Wildman–Crippen MR) is 89.9 cm³/mol. The first-order valence-corrected chi connectivity index (χ1v) is 8.24. The van der Waals surface area contributed by atoms with Gasteiger partial charge >= 0.3 is 5.97 Å². The van der Waals surface area contributed by atoms with Gasteiger partial charge in [-0.3, -0.25) is 4.79 Å². The Hall–Kier alpha value is -2.54. The summed E-state index contributed by atoms with van der Waals surface area (Å²) in [7, 11) is 0. The molecule has 0 saturated carbocycles. The van der Waals surface area contributed by atoms with Crippen LogP contribution in [0, 0.1) is 13.8 Å². The van der Waals surface area contributed by atoms with E-state index in [4.69, 9.17) is 14.2 Å². The second kappa shape index (κ2) is 6.52. The molecule has 2 heterocycles. The maximum atomic E-state index is 12.2. The zero-order valence-electron chi connectivity index (χ0n) is 13.5. The molecule has 0 bridgehead atoms. The van der Waals surface area contributed by atoms with E-state index in [1.54, 1.807) is 24.3 Å². The molecule has 0 spiro atoms. The molecular weight excluding hydrogens is 330 g/mol. The average molecular weight is 347 g/mol. The van der Waals surface area contributed by atoms with Crippen LogP contribution in [0.3, 0.4) is 0 Å². The SMILES string of the molecule is Cc1cc(C(=O)O[C@H](C)C(=O)Nc2ccc3c(c2)OCO3)c(C)s1. The van der Waals surface area contributed by atoms with Gasteiger partial charge in [0.2, 0.25) is 6.79 Å². The lowest BCUT2D eigenvalue weighted by Crippen LogP contribution is -2.30. The highest BCUT2D eigenvalue weighted by molar-refractivity contribution is 7.12. The van der Waals surface area contributed by atoms with E-state index in [1.165, 1.54) is 18.3 Å². The van der Waals surface area contributed by atoms with Crippen molar-refractivity contribution in [2.24, 2.45) is 0 Å². The maximum Gasteiger partial charge on any atom is 0.340 e. The molecule has 24 heavy (non-hydrogen) atoms. The molecule has 126 valence electrons. The van der Waals surface area contributed by atoms with Gasteiger partial charge in [0.1, 0.15) is 0 Å². The second-order valence-electron chi connectivity index (χ2n) is 5.43. The fourth-order valence-corrected chi connectivity index (χ4v) is 3.24. The monoisotopic (exact) mass is 347 g/mol. The summed E-state index contributed by atoms with van der Waals surface area (Å²) in [4.78, 5) is 26.3. The van der Waals surface area contributed by atoms with Gasteiger partial charge in [0.25, 0.3) is 5.91 Å². The van der Waals surface area contributed by atoms with Crippen molar-refractivity contribution in [2.45, 2.75) is 26.9 Å². The summed E-state index contributed by atoms with van der Waals surface area (Å²) < 4.78 is 15.7. The molecule has 1 N–H and O–H groups in total. The fourth-order valence-electron chi connectivity index (χ4n) is 2.33. The Kier molecular flexibility index (Phi) is 4.44. The maximum absolute atomic E-state index is 12.2. The number of nitrogens with one attached hydrogen (secondary N) is 1. The van der Waals surface area contributed by atoms with Gasteiger partial charge in [0.05, 0.1) is 5.56 Å². The Bertz CT molecular complexity index is 798. The third kappa shape index (κ3) is 3.35. The van der Waals surface area contributed by atoms with E-state index in [2.05, 4.69) is 5.32 Å². The Balaban J connectivity index is 1.62. The minimum Gasteiger partial charge on any atom is -0.454 e. The van der Waals surface area contributed by atoms with Crippen molar-refractivity contribution in [3.8, 4) is 11.5 Å². The van der Waals surface area contributed by atoms with Crippen molar-refractivity contribution in [3.63, 3.8) is 0 Å². The topological polar surface area (TPSA) is 73.9 Å². The molecule has 1 aliphatic rings. The zero-order chi connectivity index (χ0) is 17.3. The zero-order valence-corrected chi connectivity index (χ0v) is 14.4. The van der Waals surface area contributed by atoms with E-state index < -0.39 is 18.0 Å². The normalized spacial score (nSPS) is 13.5. The summed E-state index contributed by atoms with van der Waals surface area (Å²) in [5.41, 5.74) is 1.05. The van der Waals surface area contributed by atoms with Crippen molar-refractivity contribution >= 4 is 28.9 Å². The van der Waals surface area contributed by atoms with Crippen molar-refractivity contribution in [2.75, 3.05) is 12.1 Å². The molecule has 1 aromatic carbocycles. The summed E-state index contributed by atoms with van der Waals surface area (Å²) >= 11 is 1.52. The minimum atomic E-state index is -0.914. The first kappa shape index (κ1) is 16.3. The van der Waals surface area contributed by atoms with Crippen LogP contribution in [0.4, 0.5) is 5.69 Å². The van der Waals surface area contributed by atoms with Crippen molar-refractivity contribution < 1.29 is 23.8 Å². The molecule has 3 rings (SSSR count). The van der Waals surface area contributed by atoms with Gasteiger partial charge in [-0.05, 0) is 39.0 Å². The second-order valence-corrected chi connectivity index (χ2v) is 6.89. The van der Waals surface area contributed by atoms with Gasteiger partial charge in [-0.25, -0.2) is 4.79 Å². The van der Waals surface area contributed by atoms with Crippen LogP contribution in [0.15, 0.2) is 24.3 Å². The molecule has 1 aliphatic heterocycles. The third-order valence-corrected chi connectivity index (χ3v) is 4.52. The standard InChI is InChI=1S/C17H17NO5S/c1-9-6-13(11(3)24-9)17(20)23-10(2)16(19)18-12-4-5-14-15(7-12)22-8-21-14/h4-7,10H,8H2,1-3H3,(H,18,19)/t10-/m1/s1. The number of rotatable bonds is 4. The highest BCUT2D eigenvalue weighted by atomic mass is 32.1. The Labute approximate surface area is 143 Å². The van der Waals surface area contributed by atoms with Crippen LogP contribution in [0.25, 0.3) is 0 Å². The van der Waals surface area contributed by atoms with Crippen molar-refractivity contribution in [3.05, 3.63) is 39.6 Å². The lowest BCUT2D eigenvalue weighted by atomic mass is 10.2. The lowest BCUT2D eigenvalue weighted by Gasteiger charge is -2.13. The van der Waals surface area contributed by atoms with Gasteiger partial charge in [0, 0.05) is 21.5 Å². The fraction of sp³-hybridized carbons (Fsp3) is 0.294. The summed E-state index contributed by atoms with van der Waals surface area (Å²) in [5.74, 6) is 0.301. The quantitative estimate of drug-likeness (QED) is 0.859. The average Bonchev–Trinajstić information content (AvgIpc) is 3.12. The summed E-state index contributed by atoms with van der Waals surface area (Å²) in [6, 6.07) is 6.85. The molecule has 0 saturated heterocycles. The molecule has 0 aliphatic carbocycles. The first-order valence-electron chi connectivity index (χ1n) is 7.42. The summed E-state index contributed by atoms with van der Waals surface area (Å²) in [5, 5.41) is 2.70.